The molecule has 1 amide bonds. The van der Waals surface area contributed by atoms with E-state index in [4.69, 9.17) is 0 Å². The third kappa shape index (κ3) is 4.24. The van der Waals surface area contributed by atoms with E-state index in [1.165, 1.54) is 0 Å². The smallest absolute Gasteiger partial charge is 0.224 e. The van der Waals surface area contributed by atoms with Gasteiger partial charge < -0.3 is 4.90 Å². The monoisotopic (exact) mass is 363 g/mol. The molecule has 1 aromatic heterocycles. The van der Waals surface area contributed by atoms with Gasteiger partial charge in [-0.1, -0.05) is 23.8 Å². The molecule has 0 spiro atoms. The molecule has 4 nitrogen and oxygen atoms in total. The number of carbonyl (C=O) groups is 1. The van der Waals surface area contributed by atoms with Crippen molar-refractivity contribution in [1.29, 1.82) is 0 Å². The van der Waals surface area contributed by atoms with Crippen molar-refractivity contribution in [1.82, 2.24) is 4.90 Å². The summed E-state index contributed by atoms with van der Waals surface area (Å²) < 4.78 is 24.8. The molecule has 0 aliphatic heterocycles. The van der Waals surface area contributed by atoms with Crippen LogP contribution < -0.4 is 0 Å². The highest BCUT2D eigenvalue weighted by Gasteiger charge is 2.33. The number of nitrogens with zero attached hydrogens (tertiary/aromatic N) is 1. The fourth-order valence-electron chi connectivity index (χ4n) is 2.61. The maximum absolute atomic E-state index is 12.5. The predicted molar refractivity (Wildman–Crippen MR) is 95.7 cm³/mol. The average molecular weight is 364 g/mol. The second-order valence-corrected chi connectivity index (χ2v) is 9.36. The number of rotatable bonds is 7. The van der Waals surface area contributed by atoms with Crippen molar-refractivity contribution in [3.05, 3.63) is 52.2 Å². The molecule has 1 saturated carbocycles. The van der Waals surface area contributed by atoms with Crippen LogP contribution in [-0.4, -0.2) is 31.0 Å². The molecule has 0 N–H and O–H groups in total. The third-order valence-electron chi connectivity index (χ3n) is 4.18. The Labute approximate surface area is 147 Å². The summed E-state index contributed by atoms with van der Waals surface area (Å²) >= 11 is 1.62. The standard InChI is InChI=1S/C18H21NO3S2/c1-14-4-8-17(9-5-14)24(21,22)12-10-18(20)19(15-6-7-15)13-16-3-2-11-23-16/h2-5,8-9,11,15H,6-7,10,12-13H2,1H3. The topological polar surface area (TPSA) is 54.5 Å². The van der Waals surface area contributed by atoms with Gasteiger partial charge in [0.05, 0.1) is 17.2 Å². The van der Waals surface area contributed by atoms with Crippen molar-refractivity contribution in [2.24, 2.45) is 0 Å². The van der Waals surface area contributed by atoms with Crippen molar-refractivity contribution in [3.63, 3.8) is 0 Å². The van der Waals surface area contributed by atoms with Crippen LogP contribution in [0.3, 0.4) is 0 Å². The molecule has 1 aromatic carbocycles. The van der Waals surface area contributed by atoms with Gasteiger partial charge in [-0.2, -0.15) is 0 Å². The normalized spacial score (nSPS) is 14.5. The summed E-state index contributed by atoms with van der Waals surface area (Å²) in [7, 11) is -3.42. The largest absolute Gasteiger partial charge is 0.335 e. The number of amides is 1. The van der Waals surface area contributed by atoms with Crippen molar-refractivity contribution >= 4 is 27.1 Å². The Bertz CT molecular complexity index is 791. The maximum Gasteiger partial charge on any atom is 0.224 e. The second-order valence-electron chi connectivity index (χ2n) is 6.21. The minimum absolute atomic E-state index is 0.0398. The van der Waals surface area contributed by atoms with E-state index in [0.717, 1.165) is 23.3 Å². The summed E-state index contributed by atoms with van der Waals surface area (Å²) in [6, 6.07) is 11.0. The van der Waals surface area contributed by atoms with Gasteiger partial charge in [0, 0.05) is 17.3 Å². The number of sulfone groups is 1. The second kappa shape index (κ2) is 7.07. The summed E-state index contributed by atoms with van der Waals surface area (Å²) in [6.45, 7) is 2.50. The molecular formula is C18H21NO3S2. The zero-order valence-corrected chi connectivity index (χ0v) is 15.3. The molecule has 24 heavy (non-hydrogen) atoms. The van der Waals surface area contributed by atoms with E-state index in [2.05, 4.69) is 0 Å². The summed E-state index contributed by atoms with van der Waals surface area (Å²) in [4.78, 5) is 15.8. The average Bonchev–Trinajstić information content (AvgIpc) is 3.27. The molecule has 0 bridgehead atoms. The van der Waals surface area contributed by atoms with E-state index in [0.29, 0.717) is 6.54 Å². The fourth-order valence-corrected chi connectivity index (χ4v) is 4.54. The summed E-state index contributed by atoms with van der Waals surface area (Å²) in [6.07, 6.45) is 2.07. The predicted octanol–water partition coefficient (Wildman–Crippen LogP) is 3.41. The van der Waals surface area contributed by atoms with Crippen molar-refractivity contribution in [2.75, 3.05) is 5.75 Å². The summed E-state index contributed by atoms with van der Waals surface area (Å²) in [5.41, 5.74) is 1.01. The zero-order valence-electron chi connectivity index (χ0n) is 13.6. The minimum Gasteiger partial charge on any atom is -0.335 e. The van der Waals surface area contributed by atoms with Crippen molar-refractivity contribution < 1.29 is 13.2 Å². The Morgan fingerprint density at radius 3 is 2.50 bits per heavy atom. The van der Waals surface area contributed by atoms with Gasteiger partial charge in [-0.3, -0.25) is 4.79 Å². The van der Waals surface area contributed by atoms with E-state index in [1.807, 2.05) is 29.3 Å². The lowest BCUT2D eigenvalue weighted by Gasteiger charge is -2.21. The minimum atomic E-state index is -3.42. The lowest BCUT2D eigenvalue weighted by molar-refractivity contribution is -0.131. The lowest BCUT2D eigenvalue weighted by Crippen LogP contribution is -2.33. The first kappa shape index (κ1) is 17.2. The van der Waals surface area contributed by atoms with Crippen LogP contribution >= 0.6 is 11.3 Å². The quantitative estimate of drug-likeness (QED) is 0.757. The first-order valence-electron chi connectivity index (χ1n) is 8.07. The molecule has 128 valence electrons. The van der Waals surface area contributed by atoms with Crippen LogP contribution in [0.4, 0.5) is 0 Å². The van der Waals surface area contributed by atoms with Gasteiger partial charge in [0.2, 0.25) is 5.91 Å². The molecular weight excluding hydrogens is 342 g/mol. The van der Waals surface area contributed by atoms with Gasteiger partial charge in [-0.15, -0.1) is 11.3 Å². The molecule has 6 heteroatoms. The van der Waals surface area contributed by atoms with Crippen molar-refractivity contribution in [2.45, 2.75) is 43.7 Å². The number of benzene rings is 1. The molecule has 3 rings (SSSR count). The summed E-state index contributed by atoms with van der Waals surface area (Å²) in [5, 5.41) is 1.99. The molecule has 1 fully saturated rings. The van der Waals surface area contributed by atoms with Crippen LogP contribution in [0.1, 0.15) is 29.7 Å². The Hall–Kier alpha value is -1.66. The molecule has 1 heterocycles. The Morgan fingerprint density at radius 2 is 1.92 bits per heavy atom. The van der Waals surface area contributed by atoms with Gasteiger partial charge in [0.15, 0.2) is 9.84 Å². The SMILES string of the molecule is Cc1ccc(S(=O)(=O)CCC(=O)N(Cc2cccs2)C2CC2)cc1. The van der Waals surface area contributed by atoms with E-state index in [9.17, 15) is 13.2 Å². The number of thiophene rings is 1. The first-order chi connectivity index (χ1) is 11.5. The van der Waals surface area contributed by atoms with Gasteiger partial charge >= 0.3 is 0 Å². The van der Waals surface area contributed by atoms with E-state index < -0.39 is 9.84 Å². The van der Waals surface area contributed by atoms with Gasteiger partial charge in [0.25, 0.3) is 0 Å². The molecule has 2 aromatic rings. The molecule has 0 radical (unpaired) electrons. The van der Waals surface area contributed by atoms with E-state index >= 15 is 0 Å². The molecule has 1 aliphatic carbocycles. The maximum atomic E-state index is 12.5. The van der Waals surface area contributed by atoms with Crippen LogP contribution in [0, 0.1) is 6.92 Å². The fraction of sp³-hybridized carbons (Fsp3) is 0.389. The van der Waals surface area contributed by atoms with Crippen LogP contribution in [0.25, 0.3) is 0 Å². The number of hydrogen-bond acceptors (Lipinski definition) is 4. The molecule has 1 aliphatic rings. The van der Waals surface area contributed by atoms with Crippen LogP contribution in [-0.2, 0) is 21.2 Å². The van der Waals surface area contributed by atoms with Gasteiger partial charge in [0.1, 0.15) is 0 Å². The lowest BCUT2D eigenvalue weighted by atomic mass is 10.2. The highest BCUT2D eigenvalue weighted by atomic mass is 32.2. The first-order valence-corrected chi connectivity index (χ1v) is 10.6. The number of aryl methyl sites for hydroxylation is 1. The Morgan fingerprint density at radius 1 is 1.21 bits per heavy atom. The molecule has 0 atom stereocenters. The van der Waals surface area contributed by atoms with E-state index in [-0.39, 0.29) is 29.0 Å². The molecule has 0 unspecified atom stereocenters. The van der Waals surface area contributed by atoms with E-state index in [1.54, 1.807) is 35.6 Å². The van der Waals surface area contributed by atoms with Crippen LogP contribution in [0.2, 0.25) is 0 Å². The van der Waals surface area contributed by atoms with Gasteiger partial charge in [-0.05, 0) is 43.3 Å². The van der Waals surface area contributed by atoms with Crippen molar-refractivity contribution in [3.8, 4) is 0 Å². The Kier molecular flexibility index (Phi) is 5.06. The highest BCUT2D eigenvalue weighted by molar-refractivity contribution is 7.91. The number of hydrogen-bond donors (Lipinski definition) is 0. The summed E-state index contributed by atoms with van der Waals surface area (Å²) in [5.74, 6) is -0.204. The van der Waals surface area contributed by atoms with Crippen LogP contribution in [0.15, 0.2) is 46.7 Å². The van der Waals surface area contributed by atoms with Gasteiger partial charge in [-0.25, -0.2) is 8.42 Å². The number of carbonyl (C=O) groups excluding carboxylic acids is 1. The van der Waals surface area contributed by atoms with Crippen LogP contribution in [0.5, 0.6) is 0 Å². The zero-order chi connectivity index (χ0) is 17.2. The Balaban J connectivity index is 1.63. The molecule has 0 saturated heterocycles. The third-order valence-corrected chi connectivity index (χ3v) is 6.77. The highest BCUT2D eigenvalue weighted by Crippen LogP contribution is 2.30.